The smallest absolute Gasteiger partial charge is 0.211 e. The Hall–Kier alpha value is -3.32. The van der Waals surface area contributed by atoms with E-state index in [0.29, 0.717) is 11.1 Å². The van der Waals surface area contributed by atoms with Crippen molar-refractivity contribution in [2.24, 2.45) is 0 Å². The fraction of sp³-hybridized carbons (Fsp3) is 0.160. The number of halogens is 2. The van der Waals surface area contributed by atoms with Crippen LogP contribution in [0, 0.1) is 11.6 Å². The summed E-state index contributed by atoms with van der Waals surface area (Å²) in [5, 5.41) is -0.0822. The van der Waals surface area contributed by atoms with E-state index in [1.165, 1.54) is 41.1 Å². The third-order valence-electron chi connectivity index (χ3n) is 5.45. The molecule has 32 heavy (non-hydrogen) atoms. The molecule has 0 unspecified atom stereocenters. The lowest BCUT2D eigenvalue weighted by Gasteiger charge is -2.15. The van der Waals surface area contributed by atoms with E-state index in [-0.39, 0.29) is 22.7 Å². The van der Waals surface area contributed by atoms with Gasteiger partial charge in [-0.3, -0.25) is 4.79 Å². The van der Waals surface area contributed by atoms with Gasteiger partial charge in [0.25, 0.3) is 0 Å². The van der Waals surface area contributed by atoms with Gasteiger partial charge in [0.05, 0.1) is 17.0 Å². The molecule has 0 spiro atoms. The molecule has 0 atom stereocenters. The van der Waals surface area contributed by atoms with E-state index in [0.717, 1.165) is 11.6 Å². The monoisotopic (exact) mass is 453 g/mol. The number of aromatic nitrogens is 1. The molecule has 0 aliphatic rings. The molecule has 0 saturated carbocycles. The Morgan fingerprint density at radius 3 is 2.28 bits per heavy atom. The SMILES string of the molecule is CC(C)c1ccc(S(=O)(=O)c2cn(Cc3ccccc3F)c3ccc(F)cc3c2=O)cc1. The molecule has 4 aromatic rings. The first kappa shape index (κ1) is 21.9. The van der Waals surface area contributed by atoms with Gasteiger partial charge in [0, 0.05) is 17.1 Å². The topological polar surface area (TPSA) is 56.1 Å². The molecular formula is C25H21F2NO3S. The fourth-order valence-electron chi connectivity index (χ4n) is 3.63. The molecule has 164 valence electrons. The van der Waals surface area contributed by atoms with Crippen LogP contribution in [-0.4, -0.2) is 13.0 Å². The van der Waals surface area contributed by atoms with E-state index in [2.05, 4.69) is 0 Å². The van der Waals surface area contributed by atoms with Gasteiger partial charge in [0.1, 0.15) is 16.5 Å². The third kappa shape index (κ3) is 3.96. The van der Waals surface area contributed by atoms with Crippen molar-refractivity contribution in [2.75, 3.05) is 0 Å². The summed E-state index contributed by atoms with van der Waals surface area (Å²) >= 11 is 0. The Labute approximate surface area is 184 Å². The average Bonchev–Trinajstić information content (AvgIpc) is 2.77. The minimum absolute atomic E-state index is 0.0239. The van der Waals surface area contributed by atoms with Crippen LogP contribution in [0.5, 0.6) is 0 Å². The second kappa shape index (κ2) is 8.31. The number of sulfone groups is 1. The van der Waals surface area contributed by atoms with Crippen molar-refractivity contribution in [3.63, 3.8) is 0 Å². The first-order chi connectivity index (χ1) is 15.2. The van der Waals surface area contributed by atoms with Crippen LogP contribution in [-0.2, 0) is 16.4 Å². The van der Waals surface area contributed by atoms with Gasteiger partial charge in [-0.2, -0.15) is 0 Å². The summed E-state index contributed by atoms with van der Waals surface area (Å²) in [6.07, 6.45) is 1.21. The summed E-state index contributed by atoms with van der Waals surface area (Å²) in [4.78, 5) is 12.6. The summed E-state index contributed by atoms with van der Waals surface area (Å²) in [5.74, 6) is -0.911. The quantitative estimate of drug-likeness (QED) is 0.413. The zero-order valence-corrected chi connectivity index (χ0v) is 18.4. The zero-order valence-electron chi connectivity index (χ0n) is 17.5. The minimum atomic E-state index is -4.19. The first-order valence-corrected chi connectivity index (χ1v) is 11.6. The van der Waals surface area contributed by atoms with Crippen LogP contribution >= 0.6 is 0 Å². The van der Waals surface area contributed by atoms with Crippen molar-refractivity contribution in [3.05, 3.63) is 106 Å². The highest BCUT2D eigenvalue weighted by atomic mass is 32.2. The average molecular weight is 454 g/mol. The minimum Gasteiger partial charge on any atom is -0.341 e. The predicted octanol–water partition coefficient (Wildman–Crippen LogP) is 5.28. The number of hydrogen-bond donors (Lipinski definition) is 0. The van der Waals surface area contributed by atoms with Gasteiger partial charge in [0.2, 0.25) is 15.3 Å². The summed E-state index contributed by atoms with van der Waals surface area (Å²) in [7, 11) is -4.19. The second-order valence-corrected chi connectivity index (χ2v) is 9.85. The van der Waals surface area contributed by atoms with Gasteiger partial charge in [0.15, 0.2) is 0 Å². The van der Waals surface area contributed by atoms with E-state index >= 15 is 0 Å². The Morgan fingerprint density at radius 2 is 1.62 bits per heavy atom. The van der Waals surface area contributed by atoms with Gasteiger partial charge < -0.3 is 4.57 Å². The zero-order chi connectivity index (χ0) is 23.0. The van der Waals surface area contributed by atoms with Crippen molar-refractivity contribution in [3.8, 4) is 0 Å². The highest BCUT2D eigenvalue weighted by Crippen LogP contribution is 2.24. The van der Waals surface area contributed by atoms with E-state index in [9.17, 15) is 22.0 Å². The predicted molar refractivity (Wildman–Crippen MR) is 120 cm³/mol. The molecule has 0 aliphatic carbocycles. The van der Waals surface area contributed by atoms with Gasteiger partial charge in [-0.1, -0.05) is 44.2 Å². The van der Waals surface area contributed by atoms with Gasteiger partial charge in [-0.25, -0.2) is 17.2 Å². The normalized spacial score (nSPS) is 11.9. The van der Waals surface area contributed by atoms with Crippen molar-refractivity contribution < 1.29 is 17.2 Å². The maximum atomic E-state index is 14.3. The molecule has 0 fully saturated rings. The maximum absolute atomic E-state index is 14.3. The van der Waals surface area contributed by atoms with Crippen LogP contribution in [0.15, 0.2) is 87.5 Å². The summed E-state index contributed by atoms with van der Waals surface area (Å²) in [6, 6.07) is 16.0. The van der Waals surface area contributed by atoms with Crippen LogP contribution < -0.4 is 5.43 Å². The molecule has 0 saturated heterocycles. The number of benzene rings is 3. The third-order valence-corrected chi connectivity index (χ3v) is 7.22. The molecule has 3 aromatic carbocycles. The van der Waals surface area contributed by atoms with Crippen LogP contribution in [0.1, 0.15) is 30.9 Å². The Kier molecular flexibility index (Phi) is 5.69. The van der Waals surface area contributed by atoms with E-state index in [4.69, 9.17) is 0 Å². The Morgan fingerprint density at radius 1 is 0.938 bits per heavy atom. The van der Waals surface area contributed by atoms with Gasteiger partial charge in [-0.05, 0) is 47.9 Å². The number of hydrogen-bond acceptors (Lipinski definition) is 3. The number of rotatable bonds is 5. The molecule has 4 nitrogen and oxygen atoms in total. The Balaban J connectivity index is 1.94. The van der Waals surface area contributed by atoms with Gasteiger partial charge in [-0.15, -0.1) is 0 Å². The van der Waals surface area contributed by atoms with Crippen LogP contribution in [0.2, 0.25) is 0 Å². The van der Waals surface area contributed by atoms with E-state index in [1.807, 2.05) is 13.8 Å². The first-order valence-electron chi connectivity index (χ1n) is 10.1. The van der Waals surface area contributed by atoms with E-state index < -0.39 is 31.8 Å². The lowest BCUT2D eigenvalue weighted by atomic mass is 10.0. The summed E-state index contributed by atoms with van der Waals surface area (Å²) in [6.45, 7) is 3.95. The standard InChI is InChI=1S/C25H21F2NO3S/c1-16(2)17-7-10-20(11-8-17)32(30,31)24-15-28(14-18-5-3-4-6-22(18)27)23-12-9-19(26)13-21(23)25(24)29/h3-13,15-16H,14H2,1-2H3. The molecular weight excluding hydrogens is 432 g/mol. The molecule has 1 heterocycles. The molecule has 0 aliphatic heterocycles. The highest BCUT2D eigenvalue weighted by Gasteiger charge is 2.24. The number of pyridine rings is 1. The summed E-state index contributed by atoms with van der Waals surface area (Å²) < 4.78 is 56.4. The summed E-state index contributed by atoms with van der Waals surface area (Å²) in [5.41, 5.74) is 0.791. The molecule has 0 amide bonds. The van der Waals surface area contributed by atoms with Crippen molar-refractivity contribution >= 4 is 20.7 Å². The number of nitrogens with zero attached hydrogens (tertiary/aromatic N) is 1. The van der Waals surface area contributed by atoms with E-state index in [1.54, 1.807) is 30.3 Å². The lowest BCUT2D eigenvalue weighted by Crippen LogP contribution is -2.20. The second-order valence-electron chi connectivity index (χ2n) is 7.93. The van der Waals surface area contributed by atoms with Crippen molar-refractivity contribution in [2.45, 2.75) is 36.1 Å². The van der Waals surface area contributed by atoms with Crippen LogP contribution in [0.3, 0.4) is 0 Å². The molecule has 0 radical (unpaired) electrons. The van der Waals surface area contributed by atoms with Crippen molar-refractivity contribution in [1.29, 1.82) is 0 Å². The van der Waals surface area contributed by atoms with Crippen LogP contribution in [0.25, 0.3) is 10.9 Å². The maximum Gasteiger partial charge on any atom is 0.211 e. The molecule has 0 bridgehead atoms. The van der Waals surface area contributed by atoms with Crippen LogP contribution in [0.4, 0.5) is 8.78 Å². The molecule has 1 aromatic heterocycles. The Bertz CT molecular complexity index is 1470. The molecule has 7 heteroatoms. The molecule has 4 rings (SSSR count). The molecule has 0 N–H and O–H groups in total. The number of fused-ring (bicyclic) bond motifs is 1. The lowest BCUT2D eigenvalue weighted by molar-refractivity contribution is 0.591. The van der Waals surface area contributed by atoms with Gasteiger partial charge >= 0.3 is 0 Å². The van der Waals surface area contributed by atoms with Crippen molar-refractivity contribution in [1.82, 2.24) is 4.57 Å². The fourth-order valence-corrected chi connectivity index (χ4v) is 5.00. The largest absolute Gasteiger partial charge is 0.341 e. The highest BCUT2D eigenvalue weighted by molar-refractivity contribution is 7.91.